The molecule has 0 amide bonds. The van der Waals surface area contributed by atoms with Gasteiger partial charge in [0.15, 0.2) is 10.8 Å². The zero-order valence-corrected chi connectivity index (χ0v) is 12.4. The van der Waals surface area contributed by atoms with Crippen molar-refractivity contribution in [2.24, 2.45) is 7.05 Å². The molecule has 19 heavy (non-hydrogen) atoms. The van der Waals surface area contributed by atoms with Gasteiger partial charge in [-0.2, -0.15) is 0 Å². The second kappa shape index (κ2) is 4.91. The van der Waals surface area contributed by atoms with Crippen molar-refractivity contribution < 1.29 is 8.42 Å². The lowest BCUT2D eigenvalue weighted by Crippen LogP contribution is -2.29. The summed E-state index contributed by atoms with van der Waals surface area (Å²) in [6.45, 7) is 3.60. The van der Waals surface area contributed by atoms with Crippen LogP contribution in [0.2, 0.25) is 0 Å². The van der Waals surface area contributed by atoms with Gasteiger partial charge in [-0.1, -0.05) is 0 Å². The fourth-order valence-electron chi connectivity index (χ4n) is 1.67. The van der Waals surface area contributed by atoms with Crippen molar-refractivity contribution in [3.8, 4) is 0 Å². The average Bonchev–Trinajstić information content (AvgIpc) is 2.85. The van der Waals surface area contributed by atoms with Gasteiger partial charge in [0.2, 0.25) is 0 Å². The fourth-order valence-corrected chi connectivity index (χ4v) is 4.00. The van der Waals surface area contributed by atoms with Crippen LogP contribution < -0.4 is 10.5 Å². The number of imidazole rings is 1. The maximum absolute atomic E-state index is 12.3. The monoisotopic (exact) mass is 301 g/mol. The molecule has 0 saturated carbocycles. The van der Waals surface area contributed by atoms with E-state index in [9.17, 15) is 8.42 Å². The predicted molar refractivity (Wildman–Crippen MR) is 73.2 cm³/mol. The first-order valence-corrected chi connectivity index (χ1v) is 7.88. The Hall–Kier alpha value is -1.45. The summed E-state index contributed by atoms with van der Waals surface area (Å²) in [5.41, 5.74) is 6.45. The Balaban J connectivity index is 2.27. The van der Waals surface area contributed by atoms with E-state index < -0.39 is 16.1 Å². The quantitative estimate of drug-likeness (QED) is 0.869. The highest BCUT2D eigenvalue weighted by atomic mass is 32.2. The minimum absolute atomic E-state index is 0.0162. The molecule has 0 radical (unpaired) electrons. The third-order valence-electron chi connectivity index (χ3n) is 2.50. The zero-order chi connectivity index (χ0) is 14.2. The standard InChI is InChI=1S/C10H15N5O2S2/c1-6-4-18-9(13-6)7(2)14-19(16,17)10-8(11)12-5-15(10)3/h4-5,7,14H,11H2,1-3H3. The second-order valence-electron chi connectivity index (χ2n) is 4.22. The molecule has 0 aromatic carbocycles. The molecule has 0 fully saturated rings. The van der Waals surface area contributed by atoms with Crippen LogP contribution in [0, 0.1) is 6.92 Å². The Morgan fingerprint density at radius 2 is 2.21 bits per heavy atom. The highest BCUT2D eigenvalue weighted by Gasteiger charge is 2.25. The normalized spacial score (nSPS) is 13.6. The number of aromatic nitrogens is 3. The molecule has 1 atom stereocenters. The molecule has 0 saturated heterocycles. The molecule has 7 nitrogen and oxygen atoms in total. The molecule has 2 aromatic heterocycles. The molecule has 3 N–H and O–H groups in total. The van der Waals surface area contributed by atoms with Gasteiger partial charge in [-0.15, -0.1) is 11.3 Å². The van der Waals surface area contributed by atoms with E-state index in [1.165, 1.54) is 22.2 Å². The number of nitrogens with zero attached hydrogens (tertiary/aromatic N) is 3. The summed E-state index contributed by atoms with van der Waals surface area (Å²) in [6, 6.07) is -0.419. The van der Waals surface area contributed by atoms with Crippen molar-refractivity contribution in [2.45, 2.75) is 24.9 Å². The summed E-state index contributed by atoms with van der Waals surface area (Å²) in [4.78, 5) is 8.03. The number of nitrogens with two attached hydrogens (primary N) is 1. The van der Waals surface area contributed by atoms with E-state index in [0.29, 0.717) is 5.01 Å². The van der Waals surface area contributed by atoms with E-state index in [2.05, 4.69) is 14.7 Å². The number of anilines is 1. The first-order chi connectivity index (χ1) is 8.81. The summed E-state index contributed by atoms with van der Waals surface area (Å²) >= 11 is 1.41. The van der Waals surface area contributed by atoms with Crippen LogP contribution in [0.5, 0.6) is 0 Å². The summed E-state index contributed by atoms with van der Waals surface area (Å²) in [7, 11) is -2.14. The molecular weight excluding hydrogens is 286 g/mol. The number of hydrogen-bond acceptors (Lipinski definition) is 6. The van der Waals surface area contributed by atoms with Crippen molar-refractivity contribution in [1.29, 1.82) is 0 Å². The van der Waals surface area contributed by atoms with E-state index in [0.717, 1.165) is 5.69 Å². The maximum atomic E-state index is 12.3. The van der Waals surface area contributed by atoms with Gasteiger partial charge in [0.1, 0.15) is 5.01 Å². The smallest absolute Gasteiger partial charge is 0.260 e. The molecule has 2 aromatic rings. The van der Waals surface area contributed by atoms with Crippen molar-refractivity contribution in [3.63, 3.8) is 0 Å². The largest absolute Gasteiger partial charge is 0.381 e. The zero-order valence-electron chi connectivity index (χ0n) is 10.8. The minimum atomic E-state index is -3.72. The first kappa shape index (κ1) is 14.0. The second-order valence-corrected chi connectivity index (χ2v) is 6.73. The van der Waals surface area contributed by atoms with Crippen LogP contribution in [0.3, 0.4) is 0 Å². The van der Waals surface area contributed by atoms with Crippen LogP contribution in [0.4, 0.5) is 5.82 Å². The minimum Gasteiger partial charge on any atom is -0.381 e. The number of nitrogens with one attached hydrogen (secondary N) is 1. The number of nitrogen functional groups attached to an aromatic ring is 1. The molecule has 9 heteroatoms. The highest BCUT2D eigenvalue weighted by molar-refractivity contribution is 7.89. The molecular formula is C10H15N5O2S2. The van der Waals surface area contributed by atoms with Crippen molar-refractivity contribution in [1.82, 2.24) is 19.3 Å². The summed E-state index contributed by atoms with van der Waals surface area (Å²) in [6.07, 6.45) is 1.36. The first-order valence-electron chi connectivity index (χ1n) is 5.52. The predicted octanol–water partition coefficient (Wildman–Crippen LogP) is 0.807. The topological polar surface area (TPSA) is 103 Å². The third-order valence-corrected chi connectivity index (χ3v) is 5.32. The highest BCUT2D eigenvalue weighted by Crippen LogP contribution is 2.22. The Morgan fingerprint density at radius 3 is 2.68 bits per heavy atom. The van der Waals surface area contributed by atoms with Crippen LogP contribution in [-0.4, -0.2) is 23.0 Å². The van der Waals surface area contributed by atoms with Gasteiger partial charge < -0.3 is 10.3 Å². The van der Waals surface area contributed by atoms with E-state index in [-0.39, 0.29) is 10.8 Å². The van der Waals surface area contributed by atoms with Gasteiger partial charge in [0.05, 0.1) is 12.4 Å². The van der Waals surface area contributed by atoms with Crippen LogP contribution in [0.15, 0.2) is 16.7 Å². The molecule has 2 heterocycles. The lowest BCUT2D eigenvalue weighted by atomic mass is 10.4. The fraction of sp³-hybridized carbons (Fsp3) is 0.400. The Bertz CT molecular complexity index is 669. The van der Waals surface area contributed by atoms with Gasteiger partial charge in [0.25, 0.3) is 10.0 Å². The van der Waals surface area contributed by atoms with Gasteiger partial charge in [0, 0.05) is 18.1 Å². The molecule has 104 valence electrons. The van der Waals surface area contributed by atoms with Crippen LogP contribution >= 0.6 is 11.3 Å². The maximum Gasteiger partial charge on any atom is 0.260 e. The van der Waals surface area contributed by atoms with E-state index in [1.54, 1.807) is 14.0 Å². The van der Waals surface area contributed by atoms with Gasteiger partial charge in [-0.05, 0) is 13.8 Å². The van der Waals surface area contributed by atoms with E-state index >= 15 is 0 Å². The molecule has 0 spiro atoms. The van der Waals surface area contributed by atoms with Gasteiger partial charge >= 0.3 is 0 Å². The van der Waals surface area contributed by atoms with Crippen molar-refractivity contribution >= 4 is 27.2 Å². The number of hydrogen-bond donors (Lipinski definition) is 2. The van der Waals surface area contributed by atoms with Crippen LogP contribution in [0.25, 0.3) is 0 Å². The molecule has 2 rings (SSSR count). The number of rotatable bonds is 4. The average molecular weight is 301 g/mol. The Morgan fingerprint density at radius 1 is 1.53 bits per heavy atom. The molecule has 0 bridgehead atoms. The Kier molecular flexibility index (Phi) is 3.61. The van der Waals surface area contributed by atoms with E-state index in [4.69, 9.17) is 5.73 Å². The lowest BCUT2D eigenvalue weighted by molar-refractivity contribution is 0.557. The van der Waals surface area contributed by atoms with Crippen LogP contribution in [-0.2, 0) is 17.1 Å². The Labute approximate surface area is 115 Å². The van der Waals surface area contributed by atoms with E-state index in [1.807, 2.05) is 12.3 Å². The van der Waals surface area contributed by atoms with Crippen molar-refractivity contribution in [3.05, 3.63) is 22.4 Å². The lowest BCUT2D eigenvalue weighted by Gasteiger charge is -2.12. The van der Waals surface area contributed by atoms with Crippen LogP contribution in [0.1, 0.15) is 23.7 Å². The number of sulfonamides is 1. The molecule has 0 aliphatic rings. The van der Waals surface area contributed by atoms with Gasteiger partial charge in [-0.3, -0.25) is 0 Å². The molecule has 0 aliphatic carbocycles. The number of aryl methyl sites for hydroxylation is 2. The molecule has 0 aliphatic heterocycles. The summed E-state index contributed by atoms with van der Waals surface area (Å²) < 4.78 is 28.4. The summed E-state index contributed by atoms with van der Waals surface area (Å²) in [5.74, 6) is -0.0162. The van der Waals surface area contributed by atoms with Crippen molar-refractivity contribution in [2.75, 3.05) is 5.73 Å². The third kappa shape index (κ3) is 2.77. The SMILES string of the molecule is Cc1csc(C(C)NS(=O)(=O)c2c(N)ncn2C)n1. The summed E-state index contributed by atoms with van der Waals surface area (Å²) in [5, 5.41) is 2.55. The molecule has 1 unspecified atom stereocenters. The number of thiazole rings is 1. The van der Waals surface area contributed by atoms with Gasteiger partial charge in [-0.25, -0.2) is 23.1 Å².